The average molecular weight is 288 g/mol. The van der Waals surface area contributed by atoms with E-state index in [1.807, 2.05) is 0 Å². The first kappa shape index (κ1) is 14.7. The van der Waals surface area contributed by atoms with E-state index in [9.17, 15) is 9.59 Å². The number of amides is 1. The minimum Gasteiger partial charge on any atom is -0.465 e. The molecule has 2 heterocycles. The van der Waals surface area contributed by atoms with Crippen molar-refractivity contribution in [3.05, 3.63) is 41.9 Å². The fraction of sp³-hybridized carbons (Fsp3) is 0.286. The Kier molecular flexibility index (Phi) is 4.65. The minimum absolute atomic E-state index is 0.0480. The van der Waals surface area contributed by atoms with Crippen LogP contribution in [0.4, 0.5) is 5.82 Å². The molecule has 0 aliphatic carbocycles. The number of ether oxygens (including phenoxy) is 1. The molecule has 0 saturated heterocycles. The van der Waals surface area contributed by atoms with E-state index in [2.05, 4.69) is 15.4 Å². The van der Waals surface area contributed by atoms with E-state index >= 15 is 0 Å². The third-order valence-corrected chi connectivity index (χ3v) is 2.67. The molecule has 0 aliphatic rings. The SMILES string of the molecule is CCOC(=O)Cn1nc(C)cc1NC(=O)c1ccncc1. The number of esters is 1. The van der Waals surface area contributed by atoms with Crippen molar-refractivity contribution in [1.29, 1.82) is 0 Å². The second-order valence-corrected chi connectivity index (χ2v) is 4.32. The van der Waals surface area contributed by atoms with Crippen LogP contribution in [0.3, 0.4) is 0 Å². The number of nitrogens with one attached hydrogen (secondary N) is 1. The van der Waals surface area contributed by atoms with Crippen LogP contribution in [0.15, 0.2) is 30.6 Å². The van der Waals surface area contributed by atoms with Gasteiger partial charge in [0.05, 0.1) is 12.3 Å². The van der Waals surface area contributed by atoms with Crippen LogP contribution < -0.4 is 5.32 Å². The number of hydrogen-bond acceptors (Lipinski definition) is 5. The summed E-state index contributed by atoms with van der Waals surface area (Å²) < 4.78 is 6.29. The van der Waals surface area contributed by atoms with Gasteiger partial charge in [0, 0.05) is 24.0 Å². The lowest BCUT2D eigenvalue weighted by molar-refractivity contribution is -0.144. The van der Waals surface area contributed by atoms with E-state index in [0.717, 1.165) is 0 Å². The van der Waals surface area contributed by atoms with Crippen molar-refractivity contribution < 1.29 is 14.3 Å². The lowest BCUT2D eigenvalue weighted by Gasteiger charge is -2.08. The van der Waals surface area contributed by atoms with E-state index in [1.54, 1.807) is 32.0 Å². The quantitative estimate of drug-likeness (QED) is 0.840. The minimum atomic E-state index is -0.403. The zero-order valence-corrected chi connectivity index (χ0v) is 11.9. The Bertz CT molecular complexity index is 637. The van der Waals surface area contributed by atoms with Gasteiger partial charge in [-0.3, -0.25) is 14.6 Å². The summed E-state index contributed by atoms with van der Waals surface area (Å²) in [5, 5.41) is 6.89. The van der Waals surface area contributed by atoms with Gasteiger partial charge in [0.15, 0.2) is 0 Å². The second kappa shape index (κ2) is 6.65. The van der Waals surface area contributed by atoms with Gasteiger partial charge in [0.2, 0.25) is 0 Å². The van der Waals surface area contributed by atoms with Gasteiger partial charge in [-0.15, -0.1) is 0 Å². The first-order chi connectivity index (χ1) is 10.1. The lowest BCUT2D eigenvalue weighted by Crippen LogP contribution is -2.19. The molecular formula is C14H16N4O3. The molecule has 0 atom stereocenters. The van der Waals surface area contributed by atoms with Gasteiger partial charge < -0.3 is 10.1 Å². The number of rotatable bonds is 5. The fourth-order valence-corrected chi connectivity index (χ4v) is 1.79. The van der Waals surface area contributed by atoms with Crippen molar-refractivity contribution in [2.45, 2.75) is 20.4 Å². The molecule has 21 heavy (non-hydrogen) atoms. The predicted octanol–water partition coefficient (Wildman–Crippen LogP) is 1.40. The molecule has 0 saturated carbocycles. The smallest absolute Gasteiger partial charge is 0.327 e. The molecule has 2 aromatic heterocycles. The van der Waals surface area contributed by atoms with Crippen LogP contribution >= 0.6 is 0 Å². The number of aryl methyl sites for hydroxylation is 1. The van der Waals surface area contributed by atoms with Crippen LogP contribution in [0, 0.1) is 6.92 Å². The zero-order chi connectivity index (χ0) is 15.2. The normalized spacial score (nSPS) is 10.2. The molecule has 1 amide bonds. The van der Waals surface area contributed by atoms with Gasteiger partial charge in [-0.1, -0.05) is 0 Å². The Labute approximate surface area is 121 Å². The van der Waals surface area contributed by atoms with Crippen molar-refractivity contribution in [2.75, 3.05) is 11.9 Å². The average Bonchev–Trinajstić information content (AvgIpc) is 2.79. The molecule has 0 unspecified atom stereocenters. The van der Waals surface area contributed by atoms with Crippen molar-refractivity contribution in [3.63, 3.8) is 0 Å². The summed E-state index contributed by atoms with van der Waals surface area (Å²) >= 11 is 0. The highest BCUT2D eigenvalue weighted by molar-refractivity contribution is 6.03. The van der Waals surface area contributed by atoms with Crippen LogP contribution in [0.25, 0.3) is 0 Å². The van der Waals surface area contributed by atoms with E-state index in [4.69, 9.17) is 4.74 Å². The molecule has 0 aromatic carbocycles. The molecule has 7 nitrogen and oxygen atoms in total. The molecule has 0 spiro atoms. The van der Waals surface area contributed by atoms with E-state index in [-0.39, 0.29) is 12.5 Å². The van der Waals surface area contributed by atoms with Crippen molar-refractivity contribution >= 4 is 17.7 Å². The summed E-state index contributed by atoms with van der Waals surface area (Å²) in [6.45, 7) is 3.77. The highest BCUT2D eigenvalue weighted by Crippen LogP contribution is 2.12. The van der Waals surface area contributed by atoms with Gasteiger partial charge in [-0.25, -0.2) is 4.68 Å². The van der Waals surface area contributed by atoms with E-state index in [1.165, 1.54) is 17.1 Å². The number of nitrogens with zero attached hydrogens (tertiary/aromatic N) is 3. The van der Waals surface area contributed by atoms with Crippen LogP contribution in [0.2, 0.25) is 0 Å². The summed E-state index contributed by atoms with van der Waals surface area (Å²) in [7, 11) is 0. The van der Waals surface area contributed by atoms with Gasteiger partial charge in [0.1, 0.15) is 12.4 Å². The largest absolute Gasteiger partial charge is 0.465 e. The molecule has 0 radical (unpaired) electrons. The molecule has 0 bridgehead atoms. The Morgan fingerprint density at radius 3 is 2.71 bits per heavy atom. The van der Waals surface area contributed by atoms with Crippen molar-refractivity contribution in [1.82, 2.24) is 14.8 Å². The highest BCUT2D eigenvalue weighted by atomic mass is 16.5. The molecule has 2 aromatic rings. The monoisotopic (exact) mass is 288 g/mol. The number of carbonyl (C=O) groups excluding carboxylic acids is 2. The summed E-state index contributed by atoms with van der Waals surface area (Å²) in [5.41, 5.74) is 1.18. The Morgan fingerprint density at radius 2 is 2.05 bits per heavy atom. The lowest BCUT2D eigenvalue weighted by atomic mass is 10.2. The molecule has 110 valence electrons. The number of carbonyl (C=O) groups is 2. The number of hydrogen-bond donors (Lipinski definition) is 1. The molecule has 1 N–H and O–H groups in total. The Morgan fingerprint density at radius 1 is 1.33 bits per heavy atom. The topological polar surface area (TPSA) is 86.1 Å². The summed E-state index contributed by atoms with van der Waals surface area (Å²) in [6.07, 6.45) is 3.08. The highest BCUT2D eigenvalue weighted by Gasteiger charge is 2.13. The summed E-state index contributed by atoms with van der Waals surface area (Å²) in [6, 6.07) is 4.90. The zero-order valence-electron chi connectivity index (χ0n) is 11.9. The van der Waals surface area contributed by atoms with Crippen molar-refractivity contribution in [2.24, 2.45) is 0 Å². The van der Waals surface area contributed by atoms with Crippen LogP contribution in [0.1, 0.15) is 23.0 Å². The van der Waals surface area contributed by atoms with Crippen LogP contribution in [-0.4, -0.2) is 33.2 Å². The maximum Gasteiger partial charge on any atom is 0.327 e. The summed E-state index contributed by atoms with van der Waals surface area (Å²) in [5.74, 6) is -0.246. The number of anilines is 1. The number of pyridine rings is 1. The van der Waals surface area contributed by atoms with Gasteiger partial charge in [0.25, 0.3) is 5.91 Å². The van der Waals surface area contributed by atoms with Gasteiger partial charge >= 0.3 is 5.97 Å². The second-order valence-electron chi connectivity index (χ2n) is 4.32. The maximum absolute atomic E-state index is 12.1. The van der Waals surface area contributed by atoms with Crippen molar-refractivity contribution in [3.8, 4) is 0 Å². The molecule has 2 rings (SSSR count). The standard InChI is InChI=1S/C14H16N4O3/c1-3-21-13(19)9-18-12(8-10(2)17-18)16-14(20)11-4-6-15-7-5-11/h4-8H,3,9H2,1-2H3,(H,16,20). The first-order valence-electron chi connectivity index (χ1n) is 6.51. The van der Waals surface area contributed by atoms with Crippen LogP contribution in [0.5, 0.6) is 0 Å². The maximum atomic E-state index is 12.1. The Balaban J connectivity index is 2.13. The first-order valence-corrected chi connectivity index (χ1v) is 6.51. The third kappa shape index (κ3) is 3.88. The van der Waals surface area contributed by atoms with E-state index < -0.39 is 5.97 Å². The fourth-order valence-electron chi connectivity index (χ4n) is 1.79. The molecular weight excluding hydrogens is 272 g/mol. The van der Waals surface area contributed by atoms with Gasteiger partial charge in [-0.2, -0.15) is 5.10 Å². The van der Waals surface area contributed by atoms with Crippen LogP contribution in [-0.2, 0) is 16.1 Å². The van der Waals surface area contributed by atoms with E-state index in [0.29, 0.717) is 23.7 Å². The molecule has 7 heteroatoms. The Hall–Kier alpha value is -2.70. The van der Waals surface area contributed by atoms with Gasteiger partial charge in [-0.05, 0) is 26.0 Å². The third-order valence-electron chi connectivity index (χ3n) is 2.67. The summed E-state index contributed by atoms with van der Waals surface area (Å²) in [4.78, 5) is 27.5. The number of aromatic nitrogens is 3. The predicted molar refractivity (Wildman–Crippen MR) is 75.8 cm³/mol. The molecule has 0 fully saturated rings. The molecule has 0 aliphatic heterocycles.